The maximum Gasteiger partial charge on any atom is 0.261 e. The van der Waals surface area contributed by atoms with E-state index in [0.29, 0.717) is 25.3 Å². The summed E-state index contributed by atoms with van der Waals surface area (Å²) in [5.74, 6) is 0.496. The van der Waals surface area contributed by atoms with Crippen molar-refractivity contribution in [3.63, 3.8) is 0 Å². The summed E-state index contributed by atoms with van der Waals surface area (Å²) in [6, 6.07) is 17.6. The van der Waals surface area contributed by atoms with E-state index in [-0.39, 0.29) is 30.1 Å². The van der Waals surface area contributed by atoms with Gasteiger partial charge in [0.25, 0.3) is 5.91 Å². The molecular weight excluding hydrogens is 385 g/mol. The van der Waals surface area contributed by atoms with Crippen LogP contribution in [0.1, 0.15) is 30.3 Å². The number of para-hydroxylation sites is 2. The predicted octanol–water partition coefficient (Wildman–Crippen LogP) is 3.91. The number of aromatic amines is 1. The first-order chi connectivity index (χ1) is 14.7. The lowest BCUT2D eigenvalue weighted by Gasteiger charge is -2.23. The molecule has 1 fully saturated rings. The van der Waals surface area contributed by atoms with E-state index in [1.54, 1.807) is 18.2 Å². The third kappa shape index (κ3) is 4.79. The minimum Gasteiger partial charge on any atom is -0.490 e. The molecule has 0 radical (unpaired) electrons. The number of nitrogens with one attached hydrogen (secondary N) is 1. The van der Waals surface area contributed by atoms with Crippen LogP contribution in [0.5, 0.6) is 11.5 Å². The van der Waals surface area contributed by atoms with E-state index in [9.17, 15) is 9.18 Å². The SMILES string of the molecule is O=C(COc1ccccc1)N1CCCC1c1cc(CCOc2ccccc2F)[nH]n1. The number of aromatic nitrogens is 2. The molecule has 1 aliphatic rings. The molecule has 1 atom stereocenters. The van der Waals surface area contributed by atoms with Gasteiger partial charge in [-0.05, 0) is 43.2 Å². The summed E-state index contributed by atoms with van der Waals surface area (Å²) in [4.78, 5) is 14.5. The highest BCUT2D eigenvalue weighted by Crippen LogP contribution is 2.31. The molecule has 0 bridgehead atoms. The molecule has 1 unspecified atom stereocenters. The maximum absolute atomic E-state index is 13.6. The van der Waals surface area contributed by atoms with Crippen molar-refractivity contribution in [3.05, 3.63) is 77.9 Å². The highest BCUT2D eigenvalue weighted by Gasteiger charge is 2.31. The van der Waals surface area contributed by atoms with Gasteiger partial charge in [0.2, 0.25) is 0 Å². The Morgan fingerprint density at radius 3 is 2.77 bits per heavy atom. The second-order valence-electron chi connectivity index (χ2n) is 7.19. The van der Waals surface area contributed by atoms with Crippen molar-refractivity contribution < 1.29 is 18.7 Å². The zero-order valence-electron chi connectivity index (χ0n) is 16.6. The maximum atomic E-state index is 13.6. The lowest BCUT2D eigenvalue weighted by atomic mass is 10.1. The fourth-order valence-electron chi connectivity index (χ4n) is 3.63. The fourth-order valence-corrected chi connectivity index (χ4v) is 3.63. The highest BCUT2D eigenvalue weighted by molar-refractivity contribution is 5.78. The van der Waals surface area contributed by atoms with E-state index < -0.39 is 0 Å². The van der Waals surface area contributed by atoms with Crippen molar-refractivity contribution in [2.24, 2.45) is 0 Å². The number of ether oxygens (including phenoxy) is 2. The topological polar surface area (TPSA) is 67.4 Å². The molecule has 156 valence electrons. The number of H-pyrrole nitrogens is 1. The number of amides is 1. The molecule has 2 heterocycles. The molecule has 0 spiro atoms. The number of halogens is 1. The molecule has 0 aliphatic carbocycles. The van der Waals surface area contributed by atoms with Crippen molar-refractivity contribution >= 4 is 5.91 Å². The average Bonchev–Trinajstić information content (AvgIpc) is 3.43. The number of benzene rings is 2. The smallest absolute Gasteiger partial charge is 0.261 e. The summed E-state index contributed by atoms with van der Waals surface area (Å²) >= 11 is 0. The van der Waals surface area contributed by atoms with E-state index >= 15 is 0 Å². The van der Waals surface area contributed by atoms with Gasteiger partial charge in [-0.2, -0.15) is 5.10 Å². The lowest BCUT2D eigenvalue weighted by Crippen LogP contribution is -2.34. The molecule has 6 nitrogen and oxygen atoms in total. The van der Waals surface area contributed by atoms with Gasteiger partial charge in [-0.3, -0.25) is 9.89 Å². The Hall–Kier alpha value is -3.35. The first-order valence-corrected chi connectivity index (χ1v) is 10.1. The summed E-state index contributed by atoms with van der Waals surface area (Å²) in [5.41, 5.74) is 1.72. The minimum absolute atomic E-state index is 0.00821. The van der Waals surface area contributed by atoms with Crippen LogP contribution >= 0.6 is 0 Å². The van der Waals surface area contributed by atoms with E-state index in [2.05, 4.69) is 10.2 Å². The summed E-state index contributed by atoms with van der Waals surface area (Å²) in [6.45, 7) is 1.04. The Labute approximate surface area is 174 Å². The Bertz CT molecular complexity index is 977. The molecule has 7 heteroatoms. The van der Waals surface area contributed by atoms with Gasteiger partial charge in [0.15, 0.2) is 18.2 Å². The summed E-state index contributed by atoms with van der Waals surface area (Å²) in [5, 5.41) is 7.41. The zero-order chi connectivity index (χ0) is 20.8. The van der Waals surface area contributed by atoms with E-state index in [1.165, 1.54) is 6.07 Å². The van der Waals surface area contributed by atoms with Crippen LogP contribution in [-0.2, 0) is 11.2 Å². The van der Waals surface area contributed by atoms with Crippen molar-refractivity contribution in [3.8, 4) is 11.5 Å². The second kappa shape index (κ2) is 9.43. The van der Waals surface area contributed by atoms with Gasteiger partial charge < -0.3 is 14.4 Å². The fraction of sp³-hybridized carbons (Fsp3) is 0.304. The zero-order valence-corrected chi connectivity index (χ0v) is 16.6. The van der Waals surface area contributed by atoms with Gasteiger partial charge in [0, 0.05) is 18.7 Å². The highest BCUT2D eigenvalue weighted by atomic mass is 19.1. The number of hydrogen-bond donors (Lipinski definition) is 1. The summed E-state index contributed by atoms with van der Waals surface area (Å²) < 4.78 is 24.7. The molecule has 1 aliphatic heterocycles. The summed E-state index contributed by atoms with van der Waals surface area (Å²) in [6.07, 6.45) is 2.37. The third-order valence-electron chi connectivity index (χ3n) is 5.14. The van der Waals surface area contributed by atoms with Gasteiger partial charge >= 0.3 is 0 Å². The van der Waals surface area contributed by atoms with Crippen LogP contribution in [0.3, 0.4) is 0 Å². The normalized spacial score (nSPS) is 15.9. The Balaban J connectivity index is 1.31. The number of likely N-dealkylation sites (tertiary alicyclic amines) is 1. The second-order valence-corrected chi connectivity index (χ2v) is 7.19. The van der Waals surface area contributed by atoms with Gasteiger partial charge in [0.05, 0.1) is 18.3 Å². The van der Waals surface area contributed by atoms with Crippen LogP contribution < -0.4 is 9.47 Å². The Morgan fingerprint density at radius 1 is 1.13 bits per heavy atom. The molecule has 1 amide bonds. The molecular formula is C23H24FN3O3. The lowest BCUT2D eigenvalue weighted by molar-refractivity contribution is -0.134. The number of hydrogen-bond acceptors (Lipinski definition) is 4. The monoisotopic (exact) mass is 409 g/mol. The van der Waals surface area contributed by atoms with E-state index in [0.717, 1.165) is 24.2 Å². The van der Waals surface area contributed by atoms with Crippen LogP contribution in [0.2, 0.25) is 0 Å². The van der Waals surface area contributed by atoms with Crippen LogP contribution in [0.15, 0.2) is 60.7 Å². The average molecular weight is 409 g/mol. The Kier molecular flexibility index (Phi) is 6.27. The number of carbonyl (C=O) groups is 1. The van der Waals surface area contributed by atoms with E-state index in [1.807, 2.05) is 41.3 Å². The predicted molar refractivity (Wildman–Crippen MR) is 110 cm³/mol. The molecule has 2 aromatic carbocycles. The van der Waals surface area contributed by atoms with Crippen LogP contribution in [0, 0.1) is 5.82 Å². The van der Waals surface area contributed by atoms with Gasteiger partial charge in [-0.1, -0.05) is 30.3 Å². The van der Waals surface area contributed by atoms with Crippen molar-refractivity contribution in [1.29, 1.82) is 0 Å². The van der Waals surface area contributed by atoms with Crippen molar-refractivity contribution in [2.45, 2.75) is 25.3 Å². The molecule has 1 saturated heterocycles. The van der Waals surface area contributed by atoms with Crippen molar-refractivity contribution in [1.82, 2.24) is 15.1 Å². The number of rotatable bonds is 8. The van der Waals surface area contributed by atoms with Gasteiger partial charge in [0.1, 0.15) is 5.75 Å². The molecule has 30 heavy (non-hydrogen) atoms. The van der Waals surface area contributed by atoms with E-state index in [4.69, 9.17) is 9.47 Å². The first-order valence-electron chi connectivity index (χ1n) is 10.1. The van der Waals surface area contributed by atoms with Crippen LogP contribution in [0.25, 0.3) is 0 Å². The quantitative estimate of drug-likeness (QED) is 0.613. The largest absolute Gasteiger partial charge is 0.490 e. The number of nitrogens with zero attached hydrogens (tertiary/aromatic N) is 2. The standard InChI is InChI=1S/C23H24FN3O3/c24-19-9-4-5-11-22(19)29-14-12-17-15-20(26-25-17)21-10-6-13-27(21)23(28)16-30-18-7-2-1-3-8-18/h1-5,7-9,11,15,21H,6,10,12-14,16H2,(H,25,26). The Morgan fingerprint density at radius 2 is 1.93 bits per heavy atom. The van der Waals surface area contributed by atoms with Crippen molar-refractivity contribution in [2.75, 3.05) is 19.8 Å². The third-order valence-corrected chi connectivity index (χ3v) is 5.14. The molecule has 1 aromatic heterocycles. The first kappa shape index (κ1) is 19.9. The summed E-state index contributed by atoms with van der Waals surface area (Å²) in [7, 11) is 0. The van der Waals surface area contributed by atoms with Crippen LogP contribution in [0.4, 0.5) is 4.39 Å². The molecule has 3 aromatic rings. The van der Waals surface area contributed by atoms with Gasteiger partial charge in [-0.15, -0.1) is 0 Å². The molecule has 0 saturated carbocycles. The number of carbonyl (C=O) groups excluding carboxylic acids is 1. The van der Waals surface area contributed by atoms with Crippen LogP contribution in [-0.4, -0.2) is 40.8 Å². The van der Waals surface area contributed by atoms with Gasteiger partial charge in [-0.25, -0.2) is 4.39 Å². The minimum atomic E-state index is -0.374. The molecule has 1 N–H and O–H groups in total. The molecule has 4 rings (SSSR count).